The van der Waals surface area contributed by atoms with E-state index in [1.54, 1.807) is 53.9 Å². The number of hydrogen-bond acceptors (Lipinski definition) is 10. The molecule has 7 N–H and O–H groups in total. The van der Waals surface area contributed by atoms with Gasteiger partial charge in [0.1, 0.15) is 22.8 Å². The van der Waals surface area contributed by atoms with Crippen molar-refractivity contribution in [3.63, 3.8) is 0 Å². The minimum Gasteiger partial charge on any atom is -0.510 e. The third kappa shape index (κ3) is 4.13. The predicted molar refractivity (Wildman–Crippen MR) is 145 cm³/mol. The largest absolute Gasteiger partial charge is 0.510 e. The average Bonchev–Trinajstić information content (AvgIpc) is 2.79. The molecule has 4 atom stereocenters. The highest BCUT2D eigenvalue weighted by Gasteiger charge is 2.63. The molecule has 4 rings (SSSR count). The van der Waals surface area contributed by atoms with E-state index in [4.69, 9.17) is 5.73 Å². The highest BCUT2D eigenvalue weighted by Crippen LogP contribution is 2.53. The summed E-state index contributed by atoms with van der Waals surface area (Å²) in [5, 5.41) is 48.1. The minimum atomic E-state index is -2.73. The van der Waals surface area contributed by atoms with E-state index in [2.05, 4.69) is 5.32 Å². The number of fused-ring (bicyclic) bond motifs is 3. The van der Waals surface area contributed by atoms with Crippen molar-refractivity contribution in [2.24, 2.45) is 17.6 Å². The summed E-state index contributed by atoms with van der Waals surface area (Å²) in [5.74, 6) is -8.06. The van der Waals surface area contributed by atoms with Gasteiger partial charge in [-0.25, -0.2) is 0 Å². The van der Waals surface area contributed by atoms with Gasteiger partial charge in [0.2, 0.25) is 5.78 Å². The third-order valence-corrected chi connectivity index (χ3v) is 7.91. The van der Waals surface area contributed by atoms with Crippen molar-refractivity contribution < 1.29 is 39.6 Å². The van der Waals surface area contributed by atoms with Crippen LogP contribution in [-0.4, -0.2) is 94.1 Å². The second-order valence-corrected chi connectivity index (χ2v) is 12.2. The number of rotatable bonds is 4. The highest BCUT2D eigenvalue weighted by atomic mass is 16.3. The number of phenolic OH excluding ortho intramolecular Hbond substituents is 1. The molecule has 3 aliphatic rings. The molecule has 0 saturated heterocycles. The fourth-order valence-corrected chi connectivity index (χ4v) is 6.28. The number of carbonyl (C=O) groups is 4. The molecule has 0 spiro atoms. The molecule has 0 radical (unpaired) electrons. The number of benzene rings is 1. The molecule has 0 aliphatic heterocycles. The Kier molecular flexibility index (Phi) is 6.79. The van der Waals surface area contributed by atoms with Crippen molar-refractivity contribution in [2.45, 2.75) is 50.8 Å². The molecule has 0 unspecified atom stereocenters. The number of ketones is 2. The lowest BCUT2D eigenvalue weighted by Crippen LogP contribution is -2.63. The second kappa shape index (κ2) is 9.34. The summed E-state index contributed by atoms with van der Waals surface area (Å²) < 4.78 is 0. The number of nitrogens with zero attached hydrogens (tertiary/aromatic N) is 2. The molecule has 3 aliphatic carbocycles. The number of likely N-dealkylation sites (N-methyl/N-ethyl adjacent to an activating group) is 1. The Balaban J connectivity index is 1.97. The van der Waals surface area contributed by atoms with Gasteiger partial charge >= 0.3 is 0 Å². The maximum absolute atomic E-state index is 14.0. The van der Waals surface area contributed by atoms with Crippen molar-refractivity contribution in [2.75, 3.05) is 33.1 Å². The standard InChI is InChI=1S/C28H36N4O8/c1-27(2,3)30-26(39)13-10-15(31(4)5)12-8-11-9-14-19(32(6)7)22(35)18(25(29)38)24(37)28(14,40)23(36)16(11)21(34)17(12)20(13)33/h10-11,14,19,33,35-36,40H,8-9H2,1-7H3,(H2,29,38)(H,30,39)/t11-,14-,19-,28-/m0/s1. The zero-order valence-corrected chi connectivity index (χ0v) is 23.6. The topological polar surface area (TPSA) is 194 Å². The number of aromatic hydroxyl groups is 1. The molecule has 0 heterocycles. The number of allylic oxidation sites excluding steroid dienone is 1. The summed E-state index contributed by atoms with van der Waals surface area (Å²) >= 11 is 0. The maximum atomic E-state index is 14.0. The summed E-state index contributed by atoms with van der Waals surface area (Å²) in [6, 6.07) is 0.423. The van der Waals surface area contributed by atoms with Crippen LogP contribution in [0.2, 0.25) is 0 Å². The molecule has 1 aromatic rings. The first-order chi connectivity index (χ1) is 18.3. The molecule has 2 amide bonds. The Morgan fingerprint density at radius 3 is 2.20 bits per heavy atom. The number of Topliss-reactive ketones (excluding diaryl/α,β-unsaturated/α-hetero) is 2. The van der Waals surface area contributed by atoms with E-state index in [9.17, 15) is 39.6 Å². The van der Waals surface area contributed by atoms with Crippen molar-refractivity contribution >= 4 is 29.1 Å². The third-order valence-electron chi connectivity index (χ3n) is 7.91. The first kappa shape index (κ1) is 29.1. The molecule has 0 saturated carbocycles. The number of aliphatic hydroxyl groups is 3. The van der Waals surface area contributed by atoms with Crippen LogP contribution >= 0.6 is 0 Å². The van der Waals surface area contributed by atoms with Crippen LogP contribution in [-0.2, 0) is 16.0 Å². The van der Waals surface area contributed by atoms with E-state index in [1.807, 2.05) is 0 Å². The first-order valence-corrected chi connectivity index (χ1v) is 12.9. The number of anilines is 1. The van der Waals surface area contributed by atoms with Crippen LogP contribution in [0.5, 0.6) is 5.75 Å². The summed E-state index contributed by atoms with van der Waals surface area (Å²) in [6.45, 7) is 5.29. The Bertz CT molecular complexity index is 1420. The Morgan fingerprint density at radius 1 is 1.10 bits per heavy atom. The summed E-state index contributed by atoms with van der Waals surface area (Å²) in [6.07, 6.45) is 0.0996. The number of nitrogens with one attached hydrogen (secondary N) is 1. The Labute approximate surface area is 231 Å². The van der Waals surface area contributed by atoms with Gasteiger partial charge in [-0.05, 0) is 65.3 Å². The molecular weight excluding hydrogens is 520 g/mol. The van der Waals surface area contributed by atoms with Gasteiger partial charge in [-0.2, -0.15) is 0 Å². The molecule has 12 heteroatoms. The van der Waals surface area contributed by atoms with E-state index in [1.165, 1.54) is 11.0 Å². The van der Waals surface area contributed by atoms with E-state index in [-0.39, 0.29) is 29.5 Å². The van der Waals surface area contributed by atoms with E-state index in [0.29, 0.717) is 11.3 Å². The van der Waals surface area contributed by atoms with Gasteiger partial charge in [-0.15, -0.1) is 0 Å². The van der Waals surface area contributed by atoms with Crippen molar-refractivity contribution in [3.05, 3.63) is 45.4 Å². The SMILES string of the molecule is CN(C)c1cc(C(=O)NC(C)(C)C)c(O)c2c1C[C@H]1C[C@H]3[C@H](N(C)C)C(O)=C(C(N)=O)C(=O)[C@@]3(O)C(O)=C1C2=O. The molecule has 0 fully saturated rings. The number of amides is 2. The number of nitrogens with two attached hydrogens (primary N) is 1. The zero-order chi connectivity index (χ0) is 30.2. The van der Waals surface area contributed by atoms with E-state index < -0.39 is 75.2 Å². The quantitative estimate of drug-likeness (QED) is 0.288. The lowest BCUT2D eigenvalue weighted by atomic mass is 9.58. The molecule has 1 aromatic carbocycles. The van der Waals surface area contributed by atoms with Gasteiger partial charge in [-0.1, -0.05) is 0 Å². The zero-order valence-electron chi connectivity index (χ0n) is 23.6. The van der Waals surface area contributed by atoms with E-state index >= 15 is 0 Å². The van der Waals surface area contributed by atoms with Gasteiger partial charge < -0.3 is 36.4 Å². The molecule has 40 heavy (non-hydrogen) atoms. The fraction of sp³-hybridized carbons (Fsp3) is 0.500. The summed E-state index contributed by atoms with van der Waals surface area (Å²) in [7, 11) is 6.58. The minimum absolute atomic E-state index is 0.0222. The molecule has 12 nitrogen and oxygen atoms in total. The fourth-order valence-electron chi connectivity index (χ4n) is 6.28. The number of hydrogen-bond donors (Lipinski definition) is 6. The van der Waals surface area contributed by atoms with Crippen LogP contribution in [0.4, 0.5) is 5.69 Å². The second-order valence-electron chi connectivity index (χ2n) is 12.2. The monoisotopic (exact) mass is 556 g/mol. The van der Waals surface area contributed by atoms with Gasteiger partial charge in [0.15, 0.2) is 11.4 Å². The lowest BCUT2D eigenvalue weighted by molar-refractivity contribution is -0.148. The van der Waals surface area contributed by atoms with Crippen molar-refractivity contribution in [3.8, 4) is 5.75 Å². The van der Waals surface area contributed by atoms with Crippen LogP contribution in [0, 0.1) is 11.8 Å². The molecule has 0 bridgehead atoms. The Hall–Kier alpha value is -3.90. The van der Waals surface area contributed by atoms with Crippen molar-refractivity contribution in [1.29, 1.82) is 0 Å². The first-order valence-electron chi connectivity index (χ1n) is 12.9. The van der Waals surface area contributed by atoms with Crippen LogP contribution in [0.15, 0.2) is 28.7 Å². The van der Waals surface area contributed by atoms with Gasteiger partial charge in [0.25, 0.3) is 11.8 Å². The number of phenols is 1. The summed E-state index contributed by atoms with van der Waals surface area (Å²) in [5.41, 5.74) is 1.41. The Morgan fingerprint density at radius 2 is 1.70 bits per heavy atom. The normalized spacial score (nSPS) is 26.4. The van der Waals surface area contributed by atoms with Crippen molar-refractivity contribution in [1.82, 2.24) is 10.2 Å². The molecule has 216 valence electrons. The van der Waals surface area contributed by atoms with Crippen LogP contribution in [0.1, 0.15) is 53.5 Å². The predicted octanol–water partition coefficient (Wildman–Crippen LogP) is 0.715. The number of aliphatic hydroxyl groups excluding tert-OH is 2. The summed E-state index contributed by atoms with van der Waals surface area (Å²) in [4.78, 5) is 55.9. The van der Waals surface area contributed by atoms with E-state index in [0.717, 1.165) is 0 Å². The maximum Gasteiger partial charge on any atom is 0.255 e. The average molecular weight is 557 g/mol. The van der Waals surface area contributed by atoms with Gasteiger partial charge in [0, 0.05) is 36.8 Å². The van der Waals surface area contributed by atoms with Gasteiger partial charge in [-0.3, -0.25) is 24.1 Å². The highest BCUT2D eigenvalue weighted by molar-refractivity contribution is 6.25. The lowest BCUT2D eigenvalue weighted by Gasteiger charge is -2.50. The number of primary amides is 1. The number of carbonyl (C=O) groups excluding carboxylic acids is 4. The van der Waals surface area contributed by atoms with Gasteiger partial charge in [0.05, 0.1) is 17.2 Å². The molecule has 0 aromatic heterocycles. The van der Waals surface area contributed by atoms with Crippen LogP contribution in [0.3, 0.4) is 0 Å². The molecular formula is C28H36N4O8. The van der Waals surface area contributed by atoms with Crippen LogP contribution < -0.4 is 16.0 Å². The smallest absolute Gasteiger partial charge is 0.255 e. The van der Waals surface area contributed by atoms with Crippen LogP contribution in [0.25, 0.3) is 0 Å².